The number of hydrogen-bond donors (Lipinski definition) is 1. The molecule has 1 atom stereocenters. The van der Waals surface area contributed by atoms with Gasteiger partial charge < -0.3 is 19.6 Å². The average molecular weight is 374 g/mol. The van der Waals surface area contributed by atoms with Crippen molar-refractivity contribution in [2.24, 2.45) is 5.92 Å². The van der Waals surface area contributed by atoms with Crippen LogP contribution in [0, 0.1) is 12.8 Å². The highest BCUT2D eigenvalue weighted by Crippen LogP contribution is 2.29. The van der Waals surface area contributed by atoms with E-state index in [0.29, 0.717) is 12.3 Å². The molecule has 8 nitrogen and oxygen atoms in total. The van der Waals surface area contributed by atoms with E-state index in [-0.39, 0.29) is 11.8 Å². The molecule has 1 N–H and O–H groups in total. The summed E-state index contributed by atoms with van der Waals surface area (Å²) in [6.07, 6.45) is 4.36. The van der Waals surface area contributed by atoms with Crippen molar-refractivity contribution >= 4 is 22.8 Å². The summed E-state index contributed by atoms with van der Waals surface area (Å²) < 4.78 is 5.25. The number of aryl methyl sites for hydroxylation is 1. The molecule has 1 unspecified atom stereocenters. The normalized spacial score (nSPS) is 17.6. The molecule has 1 amide bonds. The summed E-state index contributed by atoms with van der Waals surface area (Å²) in [5.74, 6) is 0.946. The zero-order valence-electron chi connectivity index (χ0n) is 16.6. The van der Waals surface area contributed by atoms with Gasteiger partial charge in [0.2, 0.25) is 5.91 Å². The first-order chi connectivity index (χ1) is 13.1. The quantitative estimate of drug-likeness (QED) is 0.707. The van der Waals surface area contributed by atoms with Gasteiger partial charge in [0.05, 0.1) is 11.6 Å². The number of piperidine rings is 1. The number of carbonyl (C=O) groups is 1. The van der Waals surface area contributed by atoms with E-state index >= 15 is 0 Å². The third-order valence-electron chi connectivity index (χ3n) is 5.36. The number of rotatable bonds is 8. The Hall–Kier alpha value is -2.22. The maximum Gasteiger partial charge on any atom is 0.263 e. The van der Waals surface area contributed by atoms with Crippen molar-refractivity contribution in [3.05, 3.63) is 12.0 Å². The van der Waals surface area contributed by atoms with Crippen molar-refractivity contribution in [3.63, 3.8) is 0 Å². The van der Waals surface area contributed by atoms with Gasteiger partial charge in [0.15, 0.2) is 0 Å². The maximum absolute atomic E-state index is 12.6. The number of amides is 1. The molecule has 0 radical (unpaired) electrons. The lowest BCUT2D eigenvalue weighted by molar-refractivity contribution is -0.125. The summed E-state index contributed by atoms with van der Waals surface area (Å²) in [7, 11) is 0. The first-order valence-electron chi connectivity index (χ1n) is 9.96. The Balaban J connectivity index is 1.57. The third-order valence-corrected chi connectivity index (χ3v) is 5.36. The topological polar surface area (TPSA) is 87.4 Å². The Morgan fingerprint density at radius 3 is 2.96 bits per heavy atom. The van der Waals surface area contributed by atoms with Crippen LogP contribution >= 0.6 is 0 Å². The van der Waals surface area contributed by atoms with E-state index in [1.54, 1.807) is 0 Å². The lowest BCUT2D eigenvalue weighted by Gasteiger charge is -2.33. The summed E-state index contributed by atoms with van der Waals surface area (Å²) in [5, 5.41) is 7.96. The van der Waals surface area contributed by atoms with E-state index in [1.165, 1.54) is 6.33 Å². The summed E-state index contributed by atoms with van der Waals surface area (Å²) in [4.78, 5) is 25.7. The van der Waals surface area contributed by atoms with Crippen LogP contribution in [0.1, 0.15) is 38.8 Å². The van der Waals surface area contributed by atoms with Gasteiger partial charge in [-0.25, -0.2) is 4.98 Å². The molecule has 0 bridgehead atoms. The van der Waals surface area contributed by atoms with Crippen LogP contribution in [0.2, 0.25) is 0 Å². The van der Waals surface area contributed by atoms with E-state index in [9.17, 15) is 4.79 Å². The van der Waals surface area contributed by atoms with E-state index < -0.39 is 0 Å². The molecule has 1 fully saturated rings. The van der Waals surface area contributed by atoms with Gasteiger partial charge in [-0.1, -0.05) is 19.0 Å². The second kappa shape index (κ2) is 9.12. The fraction of sp³-hybridized carbons (Fsp3) is 0.684. The molecule has 0 aliphatic carbocycles. The minimum atomic E-state index is -0.0163. The molecule has 27 heavy (non-hydrogen) atoms. The molecule has 3 rings (SSSR count). The van der Waals surface area contributed by atoms with E-state index in [0.717, 1.165) is 68.9 Å². The van der Waals surface area contributed by atoms with Crippen LogP contribution in [0.25, 0.3) is 11.1 Å². The van der Waals surface area contributed by atoms with Crippen LogP contribution in [0.15, 0.2) is 10.9 Å². The number of nitrogens with zero attached hydrogens (tertiary/aromatic N) is 5. The van der Waals surface area contributed by atoms with Crippen molar-refractivity contribution in [2.75, 3.05) is 44.2 Å². The van der Waals surface area contributed by atoms with Crippen molar-refractivity contribution in [3.8, 4) is 0 Å². The first kappa shape index (κ1) is 19.5. The standard InChI is InChI=1S/C19H30N6O2/c1-4-24(5-2)10-7-9-20-18(26)15-8-6-11-25(12-15)17-16-14(3)23-27-19(16)22-13-21-17/h13,15H,4-12H2,1-3H3,(H,20,26). The van der Waals surface area contributed by atoms with Crippen molar-refractivity contribution in [1.82, 2.24) is 25.3 Å². The predicted octanol–water partition coefficient (Wildman–Crippen LogP) is 1.99. The van der Waals surface area contributed by atoms with Crippen LogP contribution < -0.4 is 10.2 Å². The van der Waals surface area contributed by atoms with Gasteiger partial charge in [-0.15, -0.1) is 0 Å². The second-order valence-corrected chi connectivity index (χ2v) is 7.10. The molecule has 1 saturated heterocycles. The average Bonchev–Trinajstić information content (AvgIpc) is 3.09. The minimum Gasteiger partial charge on any atom is -0.356 e. The zero-order chi connectivity index (χ0) is 19.2. The Kier molecular flexibility index (Phi) is 6.60. The summed E-state index contributed by atoms with van der Waals surface area (Å²) in [5.41, 5.74) is 1.28. The molecule has 2 aromatic rings. The Morgan fingerprint density at radius 1 is 1.37 bits per heavy atom. The molecule has 1 aliphatic rings. The van der Waals surface area contributed by atoms with Gasteiger partial charge in [0.25, 0.3) is 5.71 Å². The monoisotopic (exact) mass is 374 g/mol. The fourth-order valence-corrected chi connectivity index (χ4v) is 3.73. The maximum atomic E-state index is 12.6. The van der Waals surface area contributed by atoms with Gasteiger partial charge in [0, 0.05) is 19.6 Å². The van der Waals surface area contributed by atoms with Crippen LogP contribution in [-0.2, 0) is 4.79 Å². The molecule has 0 spiro atoms. The van der Waals surface area contributed by atoms with Crippen molar-refractivity contribution < 1.29 is 9.32 Å². The Morgan fingerprint density at radius 2 is 2.19 bits per heavy atom. The number of nitrogens with one attached hydrogen (secondary N) is 1. The number of hydrogen-bond acceptors (Lipinski definition) is 7. The van der Waals surface area contributed by atoms with Gasteiger partial charge >= 0.3 is 0 Å². The number of aromatic nitrogens is 3. The molecule has 2 aromatic heterocycles. The highest BCUT2D eigenvalue weighted by atomic mass is 16.5. The number of carbonyl (C=O) groups excluding carboxylic acids is 1. The van der Waals surface area contributed by atoms with E-state index in [2.05, 4.69) is 44.1 Å². The summed E-state index contributed by atoms with van der Waals surface area (Å²) >= 11 is 0. The minimum absolute atomic E-state index is 0.0163. The second-order valence-electron chi connectivity index (χ2n) is 7.10. The summed E-state index contributed by atoms with van der Waals surface area (Å²) in [6, 6.07) is 0. The molecule has 0 aromatic carbocycles. The van der Waals surface area contributed by atoms with Crippen LogP contribution in [0.4, 0.5) is 5.82 Å². The predicted molar refractivity (Wildman–Crippen MR) is 105 cm³/mol. The van der Waals surface area contributed by atoms with Gasteiger partial charge in [-0.3, -0.25) is 4.79 Å². The number of fused-ring (bicyclic) bond motifs is 1. The molecule has 8 heteroatoms. The molecular formula is C19H30N6O2. The van der Waals surface area contributed by atoms with Gasteiger partial charge in [-0.05, 0) is 45.8 Å². The van der Waals surface area contributed by atoms with E-state index in [1.807, 2.05) is 6.92 Å². The van der Waals surface area contributed by atoms with Crippen molar-refractivity contribution in [2.45, 2.75) is 40.0 Å². The zero-order valence-corrected chi connectivity index (χ0v) is 16.6. The third kappa shape index (κ3) is 4.55. The van der Waals surface area contributed by atoms with Gasteiger partial charge in [0.1, 0.15) is 17.5 Å². The smallest absolute Gasteiger partial charge is 0.263 e. The molecule has 0 saturated carbocycles. The highest BCUT2D eigenvalue weighted by Gasteiger charge is 2.28. The molecule has 1 aliphatic heterocycles. The van der Waals surface area contributed by atoms with E-state index in [4.69, 9.17) is 4.52 Å². The summed E-state index contributed by atoms with van der Waals surface area (Å²) in [6.45, 7) is 11.6. The number of anilines is 1. The first-order valence-corrected chi connectivity index (χ1v) is 9.96. The molecule has 148 valence electrons. The Bertz CT molecular complexity index is 758. The lowest BCUT2D eigenvalue weighted by atomic mass is 9.97. The van der Waals surface area contributed by atoms with Crippen LogP contribution in [0.3, 0.4) is 0 Å². The lowest BCUT2D eigenvalue weighted by Crippen LogP contribution is -2.44. The molecule has 3 heterocycles. The largest absolute Gasteiger partial charge is 0.356 e. The highest BCUT2D eigenvalue weighted by molar-refractivity contribution is 5.88. The Labute approximate surface area is 160 Å². The van der Waals surface area contributed by atoms with Gasteiger partial charge in [-0.2, -0.15) is 4.98 Å². The van der Waals surface area contributed by atoms with Crippen molar-refractivity contribution in [1.29, 1.82) is 0 Å². The van der Waals surface area contributed by atoms with Crippen LogP contribution in [-0.4, -0.2) is 65.2 Å². The molecular weight excluding hydrogens is 344 g/mol. The fourth-order valence-electron chi connectivity index (χ4n) is 3.73. The van der Waals surface area contributed by atoms with Crippen LogP contribution in [0.5, 0.6) is 0 Å². The SMILES string of the molecule is CCN(CC)CCCNC(=O)C1CCCN(c2ncnc3onc(C)c23)C1.